The number of nitrogens with zero attached hydrogens (tertiary/aromatic N) is 3. The third kappa shape index (κ3) is 4.31. The molecule has 2 heterocycles. The third-order valence-electron chi connectivity index (χ3n) is 8.02. The van der Waals surface area contributed by atoms with E-state index < -0.39 is 0 Å². The van der Waals surface area contributed by atoms with Crippen LogP contribution in [0.5, 0.6) is 0 Å². The van der Waals surface area contributed by atoms with Crippen molar-refractivity contribution < 1.29 is 9.53 Å². The minimum absolute atomic E-state index is 0.147. The minimum Gasteiger partial charge on any atom is -0.378 e. The molecule has 0 bridgehead atoms. The molecular formula is C29H33N5O2. The Labute approximate surface area is 212 Å². The van der Waals surface area contributed by atoms with Crippen molar-refractivity contribution >= 4 is 28.3 Å². The van der Waals surface area contributed by atoms with Gasteiger partial charge in [-0.2, -0.15) is 5.26 Å². The monoisotopic (exact) mass is 483 g/mol. The van der Waals surface area contributed by atoms with Crippen LogP contribution in [0, 0.1) is 11.3 Å². The van der Waals surface area contributed by atoms with Crippen molar-refractivity contribution in [3.8, 4) is 17.3 Å². The van der Waals surface area contributed by atoms with Gasteiger partial charge >= 0.3 is 6.03 Å². The second-order valence-corrected chi connectivity index (χ2v) is 10.2. The van der Waals surface area contributed by atoms with Crippen LogP contribution in [0.1, 0.15) is 56.6 Å². The van der Waals surface area contributed by atoms with E-state index in [1.165, 1.54) is 19.3 Å². The third-order valence-corrected chi connectivity index (χ3v) is 8.02. The largest absolute Gasteiger partial charge is 0.378 e. The summed E-state index contributed by atoms with van der Waals surface area (Å²) in [6, 6.07) is 17.6. The lowest BCUT2D eigenvalue weighted by molar-refractivity contribution is 0.122. The van der Waals surface area contributed by atoms with Gasteiger partial charge in [0, 0.05) is 41.9 Å². The van der Waals surface area contributed by atoms with Gasteiger partial charge in [-0.3, -0.25) is 0 Å². The molecular weight excluding hydrogens is 450 g/mol. The highest BCUT2D eigenvalue weighted by molar-refractivity contribution is 5.97. The predicted molar refractivity (Wildman–Crippen MR) is 142 cm³/mol. The predicted octanol–water partition coefficient (Wildman–Crippen LogP) is 5.81. The molecule has 0 atom stereocenters. The van der Waals surface area contributed by atoms with Gasteiger partial charge in [0.2, 0.25) is 0 Å². The maximum absolute atomic E-state index is 12.4. The van der Waals surface area contributed by atoms with Gasteiger partial charge in [-0.15, -0.1) is 0 Å². The summed E-state index contributed by atoms with van der Waals surface area (Å²) >= 11 is 0. The van der Waals surface area contributed by atoms with E-state index in [0.717, 1.165) is 91.1 Å². The van der Waals surface area contributed by atoms with Gasteiger partial charge in [0.1, 0.15) is 6.07 Å². The number of urea groups is 1. The summed E-state index contributed by atoms with van der Waals surface area (Å²) in [6.07, 6.45) is 7.97. The fourth-order valence-electron chi connectivity index (χ4n) is 5.88. The molecule has 1 saturated heterocycles. The smallest absolute Gasteiger partial charge is 0.319 e. The first-order valence-electron chi connectivity index (χ1n) is 13.3. The second kappa shape index (κ2) is 9.87. The summed E-state index contributed by atoms with van der Waals surface area (Å²) in [4.78, 5) is 14.7. The van der Waals surface area contributed by atoms with Crippen LogP contribution in [0.4, 0.5) is 16.2 Å². The molecule has 2 amide bonds. The van der Waals surface area contributed by atoms with Crippen molar-refractivity contribution in [1.29, 1.82) is 5.26 Å². The highest BCUT2D eigenvalue weighted by atomic mass is 16.5. The fourth-order valence-corrected chi connectivity index (χ4v) is 5.88. The van der Waals surface area contributed by atoms with Crippen molar-refractivity contribution in [2.45, 2.75) is 57.0 Å². The summed E-state index contributed by atoms with van der Waals surface area (Å²) < 4.78 is 7.91. The molecule has 1 aromatic heterocycles. The fraction of sp³-hybridized carbons (Fsp3) is 0.448. The first-order valence-corrected chi connectivity index (χ1v) is 13.3. The number of amides is 2. The Morgan fingerprint density at radius 3 is 2.39 bits per heavy atom. The molecule has 1 aliphatic heterocycles. The highest BCUT2D eigenvalue weighted by Crippen LogP contribution is 2.43. The number of nitriles is 1. The SMILES string of the molecule is N#Cc1c(-c2ccc(NC(=O)NC3CCCC3)cc2)n(C2CCC2)c2ccc(N3CCOCC3)cc12. The maximum Gasteiger partial charge on any atom is 0.319 e. The average molecular weight is 484 g/mol. The Hall–Kier alpha value is -3.50. The van der Waals surface area contributed by atoms with Crippen molar-refractivity contribution in [2.24, 2.45) is 0 Å². The molecule has 3 aromatic rings. The molecule has 0 radical (unpaired) electrons. The molecule has 2 aromatic carbocycles. The Morgan fingerprint density at radius 2 is 1.72 bits per heavy atom. The summed E-state index contributed by atoms with van der Waals surface area (Å²) in [6.45, 7) is 3.20. The summed E-state index contributed by atoms with van der Waals surface area (Å²) in [5.74, 6) is 0. The van der Waals surface area contributed by atoms with Crippen LogP contribution in [0.25, 0.3) is 22.2 Å². The molecule has 7 nitrogen and oxygen atoms in total. The van der Waals surface area contributed by atoms with E-state index in [1.807, 2.05) is 24.3 Å². The van der Waals surface area contributed by atoms with Gasteiger partial charge in [-0.25, -0.2) is 4.79 Å². The zero-order valence-electron chi connectivity index (χ0n) is 20.6. The van der Waals surface area contributed by atoms with Crippen LogP contribution < -0.4 is 15.5 Å². The number of benzene rings is 2. The van der Waals surface area contributed by atoms with Gasteiger partial charge < -0.3 is 24.8 Å². The summed E-state index contributed by atoms with van der Waals surface area (Å²) in [5.41, 5.74) is 5.75. The van der Waals surface area contributed by atoms with Crippen LogP contribution >= 0.6 is 0 Å². The second-order valence-electron chi connectivity index (χ2n) is 10.2. The normalized spacial score (nSPS) is 18.7. The number of carbonyl (C=O) groups excluding carboxylic acids is 1. The quantitative estimate of drug-likeness (QED) is 0.480. The first kappa shape index (κ1) is 22.9. The van der Waals surface area contributed by atoms with E-state index in [-0.39, 0.29) is 12.1 Å². The first-order chi connectivity index (χ1) is 17.7. The van der Waals surface area contributed by atoms with Gasteiger partial charge in [0.25, 0.3) is 0 Å². The number of rotatable bonds is 5. The van der Waals surface area contributed by atoms with Gasteiger partial charge in [-0.1, -0.05) is 25.0 Å². The Balaban J connectivity index is 1.33. The van der Waals surface area contributed by atoms with Crippen molar-refractivity contribution in [1.82, 2.24) is 9.88 Å². The molecule has 36 heavy (non-hydrogen) atoms. The number of ether oxygens (including phenoxy) is 1. The Kier molecular flexibility index (Phi) is 6.28. The van der Waals surface area contributed by atoms with E-state index in [4.69, 9.17) is 4.74 Å². The molecule has 3 fully saturated rings. The standard InChI is InChI=1S/C29H33N5O2/c30-19-26-25-18-24(33-14-16-36-17-15-33)12-13-27(25)34(23-6-3-7-23)28(26)20-8-10-22(11-9-20)32-29(35)31-21-4-1-2-5-21/h8-13,18,21,23H,1-7,14-17H2,(H2,31,32,35). The van der Waals surface area contributed by atoms with Crippen LogP contribution in [0.15, 0.2) is 42.5 Å². The number of nitrogens with one attached hydrogen (secondary N) is 2. The van der Waals surface area contributed by atoms with E-state index in [9.17, 15) is 10.1 Å². The van der Waals surface area contributed by atoms with Crippen LogP contribution in [0.2, 0.25) is 0 Å². The Bertz CT molecular complexity index is 1290. The maximum atomic E-state index is 12.4. The number of hydrogen-bond donors (Lipinski definition) is 2. The zero-order valence-corrected chi connectivity index (χ0v) is 20.6. The molecule has 3 aliphatic rings. The topological polar surface area (TPSA) is 82.3 Å². The molecule has 2 aliphatic carbocycles. The molecule has 2 saturated carbocycles. The van der Waals surface area contributed by atoms with Crippen LogP contribution in [-0.2, 0) is 4.74 Å². The average Bonchev–Trinajstić information content (AvgIpc) is 3.49. The van der Waals surface area contributed by atoms with Gasteiger partial charge in [0.15, 0.2) is 0 Å². The number of carbonyl (C=O) groups is 1. The van der Waals surface area contributed by atoms with Gasteiger partial charge in [0.05, 0.1) is 30.0 Å². The van der Waals surface area contributed by atoms with Crippen LogP contribution in [0.3, 0.4) is 0 Å². The zero-order chi connectivity index (χ0) is 24.5. The molecule has 2 N–H and O–H groups in total. The summed E-state index contributed by atoms with van der Waals surface area (Å²) in [7, 11) is 0. The number of anilines is 2. The van der Waals surface area contributed by atoms with Gasteiger partial charge in [-0.05, 0) is 68.0 Å². The molecule has 7 heteroatoms. The highest BCUT2D eigenvalue weighted by Gasteiger charge is 2.28. The molecule has 0 spiro atoms. The van der Waals surface area contributed by atoms with Crippen LogP contribution in [-0.4, -0.2) is 42.9 Å². The molecule has 0 unspecified atom stereocenters. The lowest BCUT2D eigenvalue weighted by Crippen LogP contribution is -2.36. The number of aromatic nitrogens is 1. The molecule has 186 valence electrons. The number of hydrogen-bond acceptors (Lipinski definition) is 4. The van der Waals surface area contributed by atoms with E-state index in [0.29, 0.717) is 6.04 Å². The van der Waals surface area contributed by atoms with E-state index in [2.05, 4.69) is 44.4 Å². The van der Waals surface area contributed by atoms with Crippen molar-refractivity contribution in [3.05, 3.63) is 48.0 Å². The van der Waals surface area contributed by atoms with E-state index >= 15 is 0 Å². The lowest BCUT2D eigenvalue weighted by Gasteiger charge is -2.31. The summed E-state index contributed by atoms with van der Waals surface area (Å²) in [5, 5.41) is 17.4. The Morgan fingerprint density at radius 1 is 0.972 bits per heavy atom. The minimum atomic E-state index is -0.147. The number of fused-ring (bicyclic) bond motifs is 1. The van der Waals surface area contributed by atoms with Crippen molar-refractivity contribution in [3.63, 3.8) is 0 Å². The molecule has 6 rings (SSSR count). The number of morpholine rings is 1. The van der Waals surface area contributed by atoms with E-state index in [1.54, 1.807) is 0 Å². The lowest BCUT2D eigenvalue weighted by atomic mass is 9.92. The van der Waals surface area contributed by atoms with Crippen molar-refractivity contribution in [2.75, 3.05) is 36.5 Å².